The highest BCUT2D eigenvalue weighted by atomic mass is 32.2. The zero-order chi connectivity index (χ0) is 13.8. The predicted octanol–water partition coefficient (Wildman–Crippen LogP) is -1.81. The van der Waals surface area contributed by atoms with E-state index in [0.717, 1.165) is 0 Å². The van der Waals surface area contributed by atoms with Crippen LogP contribution in [0.1, 0.15) is 12.8 Å². The molecule has 1 saturated heterocycles. The summed E-state index contributed by atoms with van der Waals surface area (Å²) in [4.78, 5) is 21.5. The number of hydrogen-bond acceptors (Lipinski definition) is 5. The number of sulfonamides is 1. The Labute approximate surface area is 106 Å². The largest absolute Gasteiger partial charge is 0.351 e. The van der Waals surface area contributed by atoms with E-state index < -0.39 is 22.0 Å². The van der Waals surface area contributed by atoms with E-state index >= 15 is 0 Å². The first-order chi connectivity index (χ1) is 8.29. The molecular formula is C9H18N4O4S. The molecule has 104 valence electrons. The molecule has 18 heavy (non-hydrogen) atoms. The lowest BCUT2D eigenvalue weighted by atomic mass is 10.1. The summed E-state index contributed by atoms with van der Waals surface area (Å²) in [5.74, 6) is -0.493. The topological polar surface area (TPSA) is 122 Å². The van der Waals surface area contributed by atoms with Gasteiger partial charge in [0.1, 0.15) is 0 Å². The third-order valence-electron chi connectivity index (χ3n) is 2.74. The summed E-state index contributed by atoms with van der Waals surface area (Å²) in [6.45, 7) is 0.869. The van der Waals surface area contributed by atoms with Crippen molar-refractivity contribution in [1.82, 2.24) is 14.9 Å². The van der Waals surface area contributed by atoms with Gasteiger partial charge >= 0.3 is 6.03 Å². The van der Waals surface area contributed by atoms with Gasteiger partial charge in [0.2, 0.25) is 15.9 Å². The van der Waals surface area contributed by atoms with Crippen molar-refractivity contribution in [3.8, 4) is 0 Å². The van der Waals surface area contributed by atoms with Gasteiger partial charge in [-0.2, -0.15) is 0 Å². The number of primary amides is 1. The van der Waals surface area contributed by atoms with Crippen molar-refractivity contribution >= 4 is 22.0 Å². The Bertz CT molecular complexity index is 414. The molecule has 1 aliphatic rings. The molecule has 0 aromatic heterocycles. The molecule has 1 heterocycles. The molecule has 0 aliphatic carbocycles. The van der Waals surface area contributed by atoms with Gasteiger partial charge in [-0.1, -0.05) is 0 Å². The maximum atomic E-state index is 11.3. The van der Waals surface area contributed by atoms with Crippen LogP contribution < -0.4 is 16.4 Å². The number of nitrogens with zero attached hydrogens (tertiary/aromatic N) is 1. The number of piperidine rings is 1. The Kier molecular flexibility index (Phi) is 5.05. The highest BCUT2D eigenvalue weighted by Gasteiger charge is 2.24. The molecule has 0 radical (unpaired) electrons. The van der Waals surface area contributed by atoms with Crippen LogP contribution >= 0.6 is 0 Å². The first kappa shape index (κ1) is 14.9. The Hall–Kier alpha value is -1.19. The summed E-state index contributed by atoms with van der Waals surface area (Å²) in [7, 11) is -3.13. The zero-order valence-corrected chi connectivity index (χ0v) is 11.0. The molecule has 0 bridgehead atoms. The third kappa shape index (κ3) is 4.98. The Morgan fingerprint density at radius 1 is 1.33 bits per heavy atom. The van der Waals surface area contributed by atoms with E-state index in [9.17, 15) is 18.0 Å². The highest BCUT2D eigenvalue weighted by molar-refractivity contribution is 7.88. The molecule has 0 atom stereocenters. The van der Waals surface area contributed by atoms with Crippen molar-refractivity contribution in [3.05, 3.63) is 0 Å². The molecule has 0 unspecified atom stereocenters. The van der Waals surface area contributed by atoms with E-state index in [-0.39, 0.29) is 12.6 Å². The lowest BCUT2D eigenvalue weighted by Crippen LogP contribution is -2.48. The van der Waals surface area contributed by atoms with Crippen LogP contribution in [0.3, 0.4) is 0 Å². The second-order valence-corrected chi connectivity index (χ2v) is 6.21. The second-order valence-electron chi connectivity index (χ2n) is 4.23. The van der Waals surface area contributed by atoms with Gasteiger partial charge in [0.05, 0.1) is 12.8 Å². The van der Waals surface area contributed by atoms with E-state index in [1.165, 1.54) is 10.6 Å². The summed E-state index contributed by atoms with van der Waals surface area (Å²) in [6.07, 6.45) is 2.45. The van der Waals surface area contributed by atoms with E-state index in [0.29, 0.717) is 25.9 Å². The minimum atomic E-state index is -3.13. The highest BCUT2D eigenvalue weighted by Crippen LogP contribution is 2.12. The number of carbonyl (C=O) groups is 2. The summed E-state index contributed by atoms with van der Waals surface area (Å²) >= 11 is 0. The van der Waals surface area contributed by atoms with Crippen molar-refractivity contribution in [2.45, 2.75) is 18.9 Å². The molecule has 1 fully saturated rings. The normalized spacial score (nSPS) is 18.5. The third-order valence-corrected chi connectivity index (χ3v) is 4.04. The number of nitrogens with two attached hydrogens (primary N) is 1. The van der Waals surface area contributed by atoms with Gasteiger partial charge in [-0.05, 0) is 12.8 Å². The lowest BCUT2D eigenvalue weighted by molar-refractivity contribution is -0.119. The summed E-state index contributed by atoms with van der Waals surface area (Å²) in [6, 6.07) is -0.810. The number of imide groups is 1. The quantitative estimate of drug-likeness (QED) is 0.560. The number of amides is 3. The van der Waals surface area contributed by atoms with E-state index in [1.54, 1.807) is 0 Å². The van der Waals surface area contributed by atoms with Crippen LogP contribution in [0.4, 0.5) is 4.79 Å². The molecule has 0 spiro atoms. The first-order valence-corrected chi connectivity index (χ1v) is 7.41. The van der Waals surface area contributed by atoms with Gasteiger partial charge in [-0.15, -0.1) is 0 Å². The smallest absolute Gasteiger partial charge is 0.318 e. The Balaban J connectivity index is 2.28. The average Bonchev–Trinajstić information content (AvgIpc) is 2.25. The van der Waals surface area contributed by atoms with Crippen molar-refractivity contribution in [2.24, 2.45) is 5.73 Å². The number of urea groups is 1. The number of carbonyl (C=O) groups excluding carboxylic acids is 2. The van der Waals surface area contributed by atoms with Gasteiger partial charge in [-0.3, -0.25) is 10.1 Å². The molecule has 9 heteroatoms. The molecule has 8 nitrogen and oxygen atoms in total. The zero-order valence-electron chi connectivity index (χ0n) is 10.2. The molecular weight excluding hydrogens is 260 g/mol. The van der Waals surface area contributed by atoms with Crippen LogP contribution in [-0.4, -0.2) is 56.6 Å². The SMILES string of the molecule is CS(=O)(=O)N1CCC(NCC(=O)NC(N)=O)CC1. The maximum Gasteiger partial charge on any atom is 0.318 e. The number of hydrogen-bond donors (Lipinski definition) is 3. The number of rotatable bonds is 4. The monoisotopic (exact) mass is 278 g/mol. The molecule has 0 saturated carbocycles. The second kappa shape index (κ2) is 6.12. The van der Waals surface area contributed by atoms with Crippen molar-refractivity contribution in [1.29, 1.82) is 0 Å². The predicted molar refractivity (Wildman–Crippen MR) is 65.2 cm³/mol. The van der Waals surface area contributed by atoms with Crippen molar-refractivity contribution in [3.63, 3.8) is 0 Å². The Morgan fingerprint density at radius 3 is 2.33 bits per heavy atom. The number of nitrogens with one attached hydrogen (secondary N) is 2. The van der Waals surface area contributed by atoms with E-state index in [2.05, 4.69) is 5.32 Å². The molecule has 0 aromatic rings. The maximum absolute atomic E-state index is 11.3. The molecule has 1 rings (SSSR count). The molecule has 1 aliphatic heterocycles. The van der Waals surface area contributed by atoms with E-state index in [1.807, 2.05) is 5.32 Å². The van der Waals surface area contributed by atoms with Crippen LogP contribution in [0, 0.1) is 0 Å². The minimum Gasteiger partial charge on any atom is -0.351 e. The fourth-order valence-electron chi connectivity index (χ4n) is 1.81. The fraction of sp³-hybridized carbons (Fsp3) is 0.778. The van der Waals surface area contributed by atoms with Gasteiger partial charge < -0.3 is 11.1 Å². The van der Waals surface area contributed by atoms with Crippen LogP contribution in [0.2, 0.25) is 0 Å². The summed E-state index contributed by atoms with van der Waals surface area (Å²) in [5, 5.41) is 4.90. The Morgan fingerprint density at radius 2 is 1.89 bits per heavy atom. The van der Waals surface area contributed by atoms with Crippen LogP contribution in [0.15, 0.2) is 0 Å². The molecule has 0 aromatic carbocycles. The van der Waals surface area contributed by atoms with Gasteiger partial charge in [0, 0.05) is 19.1 Å². The van der Waals surface area contributed by atoms with Gasteiger partial charge in [-0.25, -0.2) is 17.5 Å². The van der Waals surface area contributed by atoms with Crippen LogP contribution in [0.25, 0.3) is 0 Å². The van der Waals surface area contributed by atoms with Gasteiger partial charge in [0.15, 0.2) is 0 Å². The average molecular weight is 278 g/mol. The van der Waals surface area contributed by atoms with E-state index in [4.69, 9.17) is 5.73 Å². The van der Waals surface area contributed by atoms with Crippen molar-refractivity contribution < 1.29 is 18.0 Å². The summed E-state index contributed by atoms with van der Waals surface area (Å²) < 4.78 is 24.0. The lowest BCUT2D eigenvalue weighted by Gasteiger charge is -2.30. The standard InChI is InChI=1S/C9H18N4O4S/c1-18(16,17)13-4-2-7(3-5-13)11-6-8(14)12-9(10)15/h7,11H,2-6H2,1H3,(H3,10,12,14,15). The van der Waals surface area contributed by atoms with Gasteiger partial charge in [0.25, 0.3) is 0 Å². The van der Waals surface area contributed by atoms with Crippen molar-refractivity contribution in [2.75, 3.05) is 25.9 Å². The van der Waals surface area contributed by atoms with Crippen LogP contribution in [0.5, 0.6) is 0 Å². The first-order valence-electron chi connectivity index (χ1n) is 5.57. The molecule has 4 N–H and O–H groups in total. The fourth-order valence-corrected chi connectivity index (χ4v) is 2.68. The summed E-state index contributed by atoms with van der Waals surface area (Å²) in [5.41, 5.74) is 4.80. The molecule has 3 amide bonds. The minimum absolute atomic E-state index is 0.00746. The van der Waals surface area contributed by atoms with Crippen LogP contribution in [-0.2, 0) is 14.8 Å².